The Hall–Kier alpha value is -2.28. The topological polar surface area (TPSA) is 45.5 Å². The summed E-state index contributed by atoms with van der Waals surface area (Å²) in [6.07, 6.45) is 7.33. The normalized spacial score (nSPS) is 20.8. The van der Waals surface area contributed by atoms with Crippen LogP contribution in [0.5, 0.6) is 5.75 Å². The Morgan fingerprint density at radius 3 is 2.52 bits per heavy atom. The van der Waals surface area contributed by atoms with E-state index in [0.29, 0.717) is 13.2 Å². The number of thioether (sulfide) groups is 1. The van der Waals surface area contributed by atoms with Crippen LogP contribution in [0.2, 0.25) is 0 Å². The lowest BCUT2D eigenvalue weighted by Crippen LogP contribution is -2.37. The molecule has 2 unspecified atom stereocenters. The Morgan fingerprint density at radius 1 is 1.12 bits per heavy atom. The second-order valence-corrected chi connectivity index (χ2v) is 10.7. The van der Waals surface area contributed by atoms with Crippen molar-refractivity contribution in [2.24, 2.45) is 0 Å². The van der Waals surface area contributed by atoms with Gasteiger partial charge in [0.15, 0.2) is 5.79 Å². The molecule has 1 aliphatic heterocycles. The van der Waals surface area contributed by atoms with E-state index in [9.17, 15) is 0 Å². The van der Waals surface area contributed by atoms with Gasteiger partial charge in [0.2, 0.25) is 0 Å². The summed E-state index contributed by atoms with van der Waals surface area (Å²) < 4.78 is 20.2. The van der Waals surface area contributed by atoms with E-state index >= 15 is 0 Å². The maximum absolute atomic E-state index is 6.57. The van der Waals surface area contributed by atoms with Gasteiger partial charge in [-0.05, 0) is 47.2 Å². The predicted octanol–water partition coefficient (Wildman–Crippen LogP) is 5.73. The van der Waals surface area contributed by atoms with Crippen LogP contribution in [0.15, 0.2) is 72.1 Å². The van der Waals surface area contributed by atoms with Crippen LogP contribution in [-0.2, 0) is 27.9 Å². The van der Waals surface area contributed by atoms with Gasteiger partial charge in [-0.1, -0.05) is 45.0 Å². The molecule has 4 rings (SSSR count). The Morgan fingerprint density at radius 2 is 1.88 bits per heavy atom. The Balaban J connectivity index is 1.39. The SMILES string of the molecule is COc1ccc(SCC2COC(CCc3ccc(C(C)(C)C)cc3)(Cn3ccnc3)O2)cc1. The molecule has 33 heavy (non-hydrogen) atoms. The van der Waals surface area contributed by atoms with Crippen LogP contribution >= 0.6 is 11.8 Å². The molecule has 3 aromatic rings. The molecule has 1 aliphatic rings. The lowest BCUT2D eigenvalue weighted by molar-refractivity contribution is -0.180. The van der Waals surface area contributed by atoms with E-state index in [0.717, 1.165) is 24.3 Å². The molecule has 2 heterocycles. The minimum absolute atomic E-state index is 0.0453. The molecule has 0 aliphatic carbocycles. The van der Waals surface area contributed by atoms with E-state index in [2.05, 4.69) is 62.2 Å². The van der Waals surface area contributed by atoms with Crippen molar-refractivity contribution in [1.82, 2.24) is 9.55 Å². The van der Waals surface area contributed by atoms with Gasteiger partial charge in [-0.3, -0.25) is 0 Å². The van der Waals surface area contributed by atoms with Gasteiger partial charge < -0.3 is 18.8 Å². The van der Waals surface area contributed by atoms with Crippen LogP contribution in [0.3, 0.4) is 0 Å². The molecule has 2 aromatic carbocycles. The molecule has 0 radical (unpaired) electrons. The van der Waals surface area contributed by atoms with Crippen LogP contribution in [-0.4, -0.2) is 40.9 Å². The highest BCUT2D eigenvalue weighted by molar-refractivity contribution is 7.99. The smallest absolute Gasteiger partial charge is 0.187 e. The summed E-state index contributed by atoms with van der Waals surface area (Å²) in [6, 6.07) is 17.1. The summed E-state index contributed by atoms with van der Waals surface area (Å²) in [6.45, 7) is 7.96. The summed E-state index contributed by atoms with van der Waals surface area (Å²) in [5, 5.41) is 0. The molecule has 0 bridgehead atoms. The van der Waals surface area contributed by atoms with Crippen molar-refractivity contribution in [2.45, 2.75) is 62.4 Å². The number of aromatic nitrogens is 2. The number of rotatable bonds is 9. The van der Waals surface area contributed by atoms with Crippen LogP contribution in [0.25, 0.3) is 0 Å². The number of aryl methyl sites for hydroxylation is 1. The average Bonchev–Trinajstić information content (AvgIpc) is 3.47. The minimum Gasteiger partial charge on any atom is -0.497 e. The van der Waals surface area contributed by atoms with Gasteiger partial charge in [0.05, 0.1) is 32.7 Å². The molecule has 1 fully saturated rings. The van der Waals surface area contributed by atoms with Gasteiger partial charge in [0.25, 0.3) is 0 Å². The Bertz CT molecular complexity index is 997. The summed E-state index contributed by atoms with van der Waals surface area (Å²) in [5.74, 6) is 1.07. The first-order valence-corrected chi connectivity index (χ1v) is 12.5. The lowest BCUT2D eigenvalue weighted by Gasteiger charge is -2.29. The third-order valence-electron chi connectivity index (χ3n) is 6.01. The van der Waals surface area contributed by atoms with Gasteiger partial charge in [0.1, 0.15) is 5.75 Å². The number of nitrogens with zero attached hydrogens (tertiary/aromatic N) is 2. The van der Waals surface area contributed by atoms with E-state index in [1.807, 2.05) is 29.2 Å². The summed E-state index contributed by atoms with van der Waals surface area (Å²) in [7, 11) is 1.69. The fourth-order valence-electron chi connectivity index (χ4n) is 4.02. The fourth-order valence-corrected chi connectivity index (χ4v) is 4.89. The molecule has 1 saturated heterocycles. The van der Waals surface area contributed by atoms with E-state index < -0.39 is 5.79 Å². The fraction of sp³-hybridized carbons (Fsp3) is 0.444. The highest BCUT2D eigenvalue weighted by atomic mass is 32.2. The minimum atomic E-state index is -0.644. The molecule has 6 heteroatoms. The number of hydrogen-bond acceptors (Lipinski definition) is 5. The van der Waals surface area contributed by atoms with Gasteiger partial charge in [-0.25, -0.2) is 4.98 Å². The van der Waals surface area contributed by atoms with Crippen LogP contribution < -0.4 is 4.74 Å². The largest absolute Gasteiger partial charge is 0.497 e. The summed E-state index contributed by atoms with van der Waals surface area (Å²) >= 11 is 1.78. The van der Waals surface area contributed by atoms with Crippen molar-refractivity contribution >= 4 is 11.8 Å². The molecule has 0 saturated carbocycles. The monoisotopic (exact) mass is 466 g/mol. The van der Waals surface area contributed by atoms with Crippen molar-refractivity contribution in [3.63, 3.8) is 0 Å². The van der Waals surface area contributed by atoms with E-state index in [1.165, 1.54) is 16.0 Å². The average molecular weight is 467 g/mol. The van der Waals surface area contributed by atoms with Crippen LogP contribution in [0.4, 0.5) is 0 Å². The standard InChI is InChI=1S/C27H34N2O3S/c1-26(2,3)22-7-5-21(6-8-22)13-14-27(19-29-16-15-28-20-29)31-17-24(32-27)18-33-25-11-9-23(30-4)10-12-25/h5-12,15-16,20,24H,13-14,17-19H2,1-4H3. The van der Waals surface area contributed by atoms with Crippen molar-refractivity contribution in [2.75, 3.05) is 19.5 Å². The van der Waals surface area contributed by atoms with Crippen molar-refractivity contribution in [1.29, 1.82) is 0 Å². The molecular weight excluding hydrogens is 432 g/mol. The molecular formula is C27H34N2O3S. The highest BCUT2D eigenvalue weighted by Gasteiger charge is 2.41. The van der Waals surface area contributed by atoms with E-state index in [-0.39, 0.29) is 11.5 Å². The second-order valence-electron chi connectivity index (χ2n) is 9.63. The third kappa shape index (κ3) is 6.40. The first-order valence-electron chi connectivity index (χ1n) is 11.5. The maximum Gasteiger partial charge on any atom is 0.187 e. The van der Waals surface area contributed by atoms with Crippen LogP contribution in [0, 0.1) is 0 Å². The van der Waals surface area contributed by atoms with Crippen molar-refractivity contribution < 1.29 is 14.2 Å². The van der Waals surface area contributed by atoms with E-state index in [4.69, 9.17) is 14.2 Å². The van der Waals surface area contributed by atoms with E-state index in [1.54, 1.807) is 25.1 Å². The molecule has 2 atom stereocenters. The molecule has 176 valence electrons. The summed E-state index contributed by atoms with van der Waals surface area (Å²) in [4.78, 5) is 5.39. The zero-order chi connectivity index (χ0) is 23.3. The third-order valence-corrected chi connectivity index (χ3v) is 7.15. The first kappa shape index (κ1) is 23.9. The Labute approximate surface area is 201 Å². The lowest BCUT2D eigenvalue weighted by atomic mass is 9.86. The number of ether oxygens (including phenoxy) is 3. The Kier molecular flexibility index (Phi) is 7.47. The molecule has 0 spiro atoms. The van der Waals surface area contributed by atoms with Crippen molar-refractivity contribution in [3.8, 4) is 5.75 Å². The predicted molar refractivity (Wildman–Crippen MR) is 133 cm³/mol. The quantitative estimate of drug-likeness (QED) is 0.377. The maximum atomic E-state index is 6.57. The van der Waals surface area contributed by atoms with Crippen LogP contribution in [0.1, 0.15) is 38.3 Å². The zero-order valence-electron chi connectivity index (χ0n) is 20.0. The highest BCUT2D eigenvalue weighted by Crippen LogP contribution is 2.34. The van der Waals surface area contributed by atoms with Crippen molar-refractivity contribution in [3.05, 3.63) is 78.4 Å². The van der Waals surface area contributed by atoms with Gasteiger partial charge >= 0.3 is 0 Å². The van der Waals surface area contributed by atoms with Gasteiger partial charge in [0, 0.05) is 29.5 Å². The van der Waals surface area contributed by atoms with Gasteiger partial charge in [-0.15, -0.1) is 11.8 Å². The number of hydrogen-bond donors (Lipinski definition) is 0. The molecule has 1 aromatic heterocycles. The van der Waals surface area contributed by atoms with Gasteiger partial charge in [-0.2, -0.15) is 0 Å². The molecule has 0 N–H and O–H groups in total. The molecule has 0 amide bonds. The number of benzene rings is 2. The summed E-state index contributed by atoms with van der Waals surface area (Å²) in [5.41, 5.74) is 2.81. The zero-order valence-corrected chi connectivity index (χ0v) is 20.8. The second kappa shape index (κ2) is 10.3. The number of imidazole rings is 1. The first-order chi connectivity index (χ1) is 15.9. The number of methoxy groups -OCH3 is 1. The molecule has 5 nitrogen and oxygen atoms in total.